The highest BCUT2D eigenvalue weighted by atomic mass is 35.5. The summed E-state index contributed by atoms with van der Waals surface area (Å²) >= 11 is 6.27. The van der Waals surface area contributed by atoms with Crippen molar-refractivity contribution in [1.82, 2.24) is 9.64 Å². The molecule has 2 heterocycles. The summed E-state index contributed by atoms with van der Waals surface area (Å²) in [5, 5.41) is 9.99. The maximum absolute atomic E-state index is 12.8. The van der Waals surface area contributed by atoms with E-state index in [-0.39, 0.29) is 29.7 Å². The van der Waals surface area contributed by atoms with Crippen molar-refractivity contribution in [2.24, 2.45) is 0 Å². The fourth-order valence-corrected chi connectivity index (χ4v) is 3.97. The van der Waals surface area contributed by atoms with Gasteiger partial charge in [0.1, 0.15) is 17.9 Å². The lowest BCUT2D eigenvalue weighted by Crippen LogP contribution is -2.56. The monoisotopic (exact) mass is 494 g/mol. The molecule has 2 aromatic carbocycles. The molecule has 0 radical (unpaired) electrons. The average molecular weight is 495 g/mol. The van der Waals surface area contributed by atoms with E-state index in [1.165, 1.54) is 0 Å². The molecule has 0 saturated carbocycles. The molecule has 1 fully saturated rings. The number of halogens is 2. The van der Waals surface area contributed by atoms with E-state index >= 15 is 0 Å². The Hall–Kier alpha value is -2.78. The van der Waals surface area contributed by atoms with Gasteiger partial charge >= 0.3 is 11.5 Å². The van der Waals surface area contributed by atoms with Gasteiger partial charge in [0.2, 0.25) is 0 Å². The molecular weight excluding hydrogens is 471 g/mol. The highest BCUT2D eigenvalue weighted by molar-refractivity contribution is 6.32. The average Bonchev–Trinajstić information content (AvgIpc) is 3.09. The SMILES string of the molecule is Cl.O=C(O)C(C(Cn1oc(-c2ccccc2)c(Cl)c1=O)Oc1ccccc1)N1CCOCC1. The van der Waals surface area contributed by atoms with E-state index in [9.17, 15) is 14.7 Å². The van der Waals surface area contributed by atoms with Gasteiger partial charge in [-0.25, -0.2) is 0 Å². The number of aromatic nitrogens is 1. The van der Waals surface area contributed by atoms with Crippen LogP contribution in [0.5, 0.6) is 5.75 Å². The van der Waals surface area contributed by atoms with E-state index in [1.54, 1.807) is 41.3 Å². The van der Waals surface area contributed by atoms with Crippen LogP contribution in [-0.2, 0) is 16.1 Å². The lowest BCUT2D eigenvalue weighted by molar-refractivity contribution is -0.150. The van der Waals surface area contributed by atoms with Gasteiger partial charge in [-0.1, -0.05) is 60.1 Å². The zero-order valence-electron chi connectivity index (χ0n) is 17.6. The van der Waals surface area contributed by atoms with E-state index in [4.69, 9.17) is 25.6 Å². The fourth-order valence-electron chi connectivity index (χ4n) is 3.73. The third-order valence-corrected chi connectivity index (χ3v) is 5.61. The van der Waals surface area contributed by atoms with Crippen LogP contribution >= 0.6 is 24.0 Å². The number of hydrogen-bond donors (Lipinski definition) is 1. The molecule has 1 N–H and O–H groups in total. The van der Waals surface area contributed by atoms with E-state index in [2.05, 4.69) is 0 Å². The summed E-state index contributed by atoms with van der Waals surface area (Å²) in [5.41, 5.74) is 0.107. The van der Waals surface area contributed by atoms with Gasteiger partial charge in [-0.05, 0) is 12.1 Å². The number of morpholine rings is 1. The van der Waals surface area contributed by atoms with Gasteiger partial charge in [0.25, 0.3) is 0 Å². The maximum Gasteiger partial charge on any atom is 0.324 e. The van der Waals surface area contributed by atoms with Crippen molar-refractivity contribution in [3.05, 3.63) is 76.0 Å². The Kier molecular flexibility index (Phi) is 8.57. The van der Waals surface area contributed by atoms with E-state index in [1.807, 2.05) is 24.3 Å². The Balaban J connectivity index is 0.00000306. The smallest absolute Gasteiger partial charge is 0.324 e. The molecule has 2 atom stereocenters. The molecule has 0 spiro atoms. The van der Waals surface area contributed by atoms with Gasteiger partial charge in [0, 0.05) is 18.7 Å². The molecule has 33 heavy (non-hydrogen) atoms. The van der Waals surface area contributed by atoms with Crippen LogP contribution in [0, 0.1) is 0 Å². The van der Waals surface area contributed by atoms with E-state index < -0.39 is 23.7 Å². The summed E-state index contributed by atoms with van der Waals surface area (Å²) in [7, 11) is 0. The number of nitrogens with zero attached hydrogens (tertiary/aromatic N) is 2. The van der Waals surface area contributed by atoms with Crippen LogP contribution < -0.4 is 10.3 Å². The molecule has 0 amide bonds. The van der Waals surface area contributed by atoms with Crippen molar-refractivity contribution in [2.45, 2.75) is 18.7 Å². The molecule has 1 aliphatic heterocycles. The van der Waals surface area contributed by atoms with Crippen LogP contribution in [0.4, 0.5) is 0 Å². The maximum atomic E-state index is 12.8. The normalized spacial score (nSPS) is 15.9. The van der Waals surface area contributed by atoms with Crippen LogP contribution in [0.2, 0.25) is 5.02 Å². The molecule has 4 rings (SSSR count). The van der Waals surface area contributed by atoms with Crippen molar-refractivity contribution in [1.29, 1.82) is 0 Å². The molecule has 3 aromatic rings. The molecule has 1 aromatic heterocycles. The Morgan fingerprint density at radius 2 is 1.67 bits per heavy atom. The van der Waals surface area contributed by atoms with Crippen molar-refractivity contribution >= 4 is 30.0 Å². The predicted molar refractivity (Wildman–Crippen MR) is 125 cm³/mol. The van der Waals surface area contributed by atoms with Gasteiger partial charge < -0.3 is 19.1 Å². The third-order valence-electron chi connectivity index (χ3n) is 5.27. The number of aliphatic carboxylic acids is 1. The Morgan fingerprint density at radius 1 is 1.06 bits per heavy atom. The van der Waals surface area contributed by atoms with Crippen LogP contribution in [0.25, 0.3) is 11.3 Å². The molecule has 10 heteroatoms. The number of rotatable bonds is 8. The number of para-hydroxylation sites is 1. The number of carboxylic acids is 1. The minimum atomic E-state index is -1.05. The Bertz CT molecular complexity index is 1100. The molecule has 0 aliphatic carbocycles. The first kappa shape index (κ1) is 24.9. The summed E-state index contributed by atoms with van der Waals surface area (Å²) in [5.74, 6) is -0.332. The molecule has 0 bridgehead atoms. The molecule has 1 saturated heterocycles. The summed E-state index contributed by atoms with van der Waals surface area (Å²) in [6.07, 6.45) is -0.920. The highest BCUT2D eigenvalue weighted by Crippen LogP contribution is 2.26. The quantitative estimate of drug-likeness (QED) is 0.512. The minimum Gasteiger partial charge on any atom is -0.486 e. The number of ether oxygens (including phenoxy) is 2. The third kappa shape index (κ3) is 5.78. The topological polar surface area (TPSA) is 94.1 Å². The van der Waals surface area contributed by atoms with Gasteiger partial charge in [0.05, 0.1) is 19.8 Å². The fraction of sp³-hybridized carbons (Fsp3) is 0.304. The van der Waals surface area contributed by atoms with Crippen molar-refractivity contribution in [3.63, 3.8) is 0 Å². The summed E-state index contributed by atoms with van der Waals surface area (Å²) in [4.78, 5) is 26.9. The van der Waals surface area contributed by atoms with Crippen molar-refractivity contribution in [3.8, 4) is 17.1 Å². The van der Waals surface area contributed by atoms with Crippen molar-refractivity contribution in [2.75, 3.05) is 26.3 Å². The first-order valence-electron chi connectivity index (χ1n) is 10.3. The zero-order valence-corrected chi connectivity index (χ0v) is 19.2. The number of carboxylic acid groups (broad SMARTS) is 1. The first-order chi connectivity index (χ1) is 15.5. The highest BCUT2D eigenvalue weighted by Gasteiger charge is 2.37. The summed E-state index contributed by atoms with van der Waals surface area (Å²) < 4.78 is 18.3. The first-order valence-corrected chi connectivity index (χ1v) is 10.6. The molecule has 1 aliphatic rings. The number of carbonyl (C=O) groups is 1. The van der Waals surface area contributed by atoms with Gasteiger partial charge in [0.15, 0.2) is 10.8 Å². The molecule has 176 valence electrons. The molecule has 8 nitrogen and oxygen atoms in total. The number of benzene rings is 2. The Morgan fingerprint density at radius 3 is 2.27 bits per heavy atom. The Labute approximate surface area is 201 Å². The van der Waals surface area contributed by atoms with Crippen LogP contribution in [0.15, 0.2) is 70.0 Å². The predicted octanol–water partition coefficient (Wildman–Crippen LogP) is 3.42. The van der Waals surface area contributed by atoms with Gasteiger partial charge in [-0.2, -0.15) is 4.74 Å². The van der Waals surface area contributed by atoms with Crippen LogP contribution in [-0.4, -0.2) is 59.2 Å². The van der Waals surface area contributed by atoms with Gasteiger partial charge in [-0.15, -0.1) is 12.4 Å². The zero-order chi connectivity index (χ0) is 22.5. The van der Waals surface area contributed by atoms with Crippen molar-refractivity contribution < 1.29 is 23.9 Å². The lowest BCUT2D eigenvalue weighted by atomic mass is 10.1. The van der Waals surface area contributed by atoms with E-state index in [0.29, 0.717) is 37.6 Å². The van der Waals surface area contributed by atoms with E-state index in [0.717, 1.165) is 4.74 Å². The second-order valence-corrected chi connectivity index (χ2v) is 7.75. The lowest BCUT2D eigenvalue weighted by Gasteiger charge is -2.36. The number of hydrogen-bond acceptors (Lipinski definition) is 6. The van der Waals surface area contributed by atoms with Gasteiger partial charge in [-0.3, -0.25) is 14.5 Å². The summed E-state index contributed by atoms with van der Waals surface area (Å²) in [6.45, 7) is 1.59. The van der Waals surface area contributed by atoms with Crippen LogP contribution in [0.3, 0.4) is 0 Å². The largest absolute Gasteiger partial charge is 0.486 e. The minimum absolute atomic E-state index is 0. The standard InChI is InChI=1S/C23H23ClN2O6.ClH/c24-19-21(16-7-3-1-4-8-16)32-26(22(19)27)15-18(31-17-9-5-2-6-10-17)20(23(28)29)25-11-13-30-14-12-25;/h1-10,18,20H,11-15H2,(H,28,29);1H. The summed E-state index contributed by atoms with van der Waals surface area (Å²) in [6, 6.07) is 16.9. The second-order valence-electron chi connectivity index (χ2n) is 7.37. The molecule has 2 unspecified atom stereocenters. The molecular formula is C23H24Cl2N2O6. The second kappa shape index (κ2) is 11.4. The van der Waals surface area contributed by atoms with Crippen LogP contribution in [0.1, 0.15) is 0 Å².